The monoisotopic (exact) mass is 431 g/mol. The SMILES string of the molecule is O=c1n(Cc2ccccc2F)c2sc3c(c2c2nc(-c4cccnc4)nn12)CCCC3. The quantitative estimate of drug-likeness (QED) is 0.429. The normalized spacial score (nSPS) is 13.7. The molecule has 0 bridgehead atoms. The average molecular weight is 431 g/mol. The number of rotatable bonds is 3. The van der Waals surface area contributed by atoms with Gasteiger partial charge in [0.05, 0.1) is 11.9 Å². The number of aromatic nitrogens is 5. The second-order valence-corrected chi connectivity index (χ2v) is 8.85. The Morgan fingerprint density at radius 3 is 2.81 bits per heavy atom. The van der Waals surface area contributed by atoms with Crippen LogP contribution in [0.1, 0.15) is 28.8 Å². The summed E-state index contributed by atoms with van der Waals surface area (Å²) in [5.74, 6) is 0.143. The molecule has 1 aliphatic carbocycles. The maximum atomic E-state index is 14.4. The zero-order chi connectivity index (χ0) is 20.9. The summed E-state index contributed by atoms with van der Waals surface area (Å²) in [5, 5.41) is 5.50. The van der Waals surface area contributed by atoms with E-state index in [0.717, 1.165) is 41.5 Å². The van der Waals surface area contributed by atoms with E-state index in [0.29, 0.717) is 17.0 Å². The van der Waals surface area contributed by atoms with Crippen LogP contribution in [0.25, 0.3) is 27.3 Å². The van der Waals surface area contributed by atoms with Crippen LogP contribution in [-0.2, 0) is 19.4 Å². The fourth-order valence-corrected chi connectivity index (χ4v) is 5.71. The summed E-state index contributed by atoms with van der Waals surface area (Å²) in [6.45, 7) is 0.152. The number of aryl methyl sites for hydroxylation is 2. The Balaban J connectivity index is 1.67. The number of halogens is 1. The van der Waals surface area contributed by atoms with Gasteiger partial charge in [-0.1, -0.05) is 18.2 Å². The molecule has 0 aliphatic heterocycles. The van der Waals surface area contributed by atoms with E-state index in [1.807, 2.05) is 12.1 Å². The molecule has 6 nitrogen and oxygen atoms in total. The van der Waals surface area contributed by atoms with Crippen molar-refractivity contribution in [3.8, 4) is 11.4 Å². The van der Waals surface area contributed by atoms with Gasteiger partial charge in [0.2, 0.25) is 0 Å². The van der Waals surface area contributed by atoms with Gasteiger partial charge in [0.25, 0.3) is 0 Å². The summed E-state index contributed by atoms with van der Waals surface area (Å²) in [7, 11) is 0. The molecule has 0 saturated carbocycles. The third kappa shape index (κ3) is 2.90. The van der Waals surface area contributed by atoms with Crippen LogP contribution in [0.15, 0.2) is 53.6 Å². The highest BCUT2D eigenvalue weighted by Crippen LogP contribution is 2.38. The molecule has 0 saturated heterocycles. The zero-order valence-electron chi connectivity index (χ0n) is 16.6. The highest BCUT2D eigenvalue weighted by molar-refractivity contribution is 7.19. The van der Waals surface area contributed by atoms with Crippen molar-refractivity contribution in [3.05, 3.63) is 81.1 Å². The minimum absolute atomic E-state index is 0.152. The van der Waals surface area contributed by atoms with Gasteiger partial charge in [-0.2, -0.15) is 4.52 Å². The van der Waals surface area contributed by atoms with Gasteiger partial charge >= 0.3 is 5.69 Å². The molecule has 6 rings (SSSR count). The van der Waals surface area contributed by atoms with Gasteiger partial charge in [-0.25, -0.2) is 14.2 Å². The molecule has 0 atom stereocenters. The summed E-state index contributed by atoms with van der Waals surface area (Å²) in [6.07, 6.45) is 7.58. The lowest BCUT2D eigenvalue weighted by atomic mass is 9.97. The van der Waals surface area contributed by atoms with Crippen LogP contribution in [-0.4, -0.2) is 24.1 Å². The topological polar surface area (TPSA) is 65.1 Å². The molecule has 8 heteroatoms. The Hall–Kier alpha value is -3.39. The van der Waals surface area contributed by atoms with Crippen LogP contribution < -0.4 is 5.69 Å². The van der Waals surface area contributed by atoms with Gasteiger partial charge in [-0.3, -0.25) is 9.55 Å². The zero-order valence-corrected chi connectivity index (χ0v) is 17.4. The largest absolute Gasteiger partial charge is 0.352 e. The van der Waals surface area contributed by atoms with E-state index < -0.39 is 0 Å². The molecular weight excluding hydrogens is 413 g/mol. The summed E-state index contributed by atoms with van der Waals surface area (Å²) < 4.78 is 17.4. The van der Waals surface area contributed by atoms with Gasteiger partial charge in [0.15, 0.2) is 11.5 Å². The molecule has 0 unspecified atom stereocenters. The van der Waals surface area contributed by atoms with Gasteiger partial charge < -0.3 is 0 Å². The summed E-state index contributed by atoms with van der Waals surface area (Å²) in [5.41, 5.74) is 2.74. The Labute approximate surface area is 180 Å². The lowest BCUT2D eigenvalue weighted by molar-refractivity contribution is 0.595. The van der Waals surface area contributed by atoms with Crippen LogP contribution in [0.4, 0.5) is 4.39 Å². The van der Waals surface area contributed by atoms with Crippen molar-refractivity contribution in [2.45, 2.75) is 32.2 Å². The molecule has 1 aliphatic rings. The summed E-state index contributed by atoms with van der Waals surface area (Å²) >= 11 is 1.63. The highest BCUT2D eigenvalue weighted by Gasteiger charge is 2.25. The number of fused-ring (bicyclic) bond motifs is 5. The van der Waals surface area contributed by atoms with Gasteiger partial charge in [0.1, 0.15) is 10.6 Å². The smallest absolute Gasteiger partial charge is 0.278 e. The second kappa shape index (κ2) is 7.09. The first-order valence-corrected chi connectivity index (χ1v) is 11.1. The maximum Gasteiger partial charge on any atom is 0.352 e. The fraction of sp³-hybridized carbons (Fsp3) is 0.217. The Bertz CT molecular complexity index is 1500. The van der Waals surface area contributed by atoms with Gasteiger partial charge in [0, 0.05) is 28.4 Å². The van der Waals surface area contributed by atoms with E-state index in [2.05, 4.69) is 10.1 Å². The van der Waals surface area contributed by atoms with Crippen LogP contribution in [0, 0.1) is 5.82 Å². The molecule has 5 aromatic rings. The van der Waals surface area contributed by atoms with Gasteiger partial charge in [-0.05, 0) is 49.4 Å². The number of hydrogen-bond acceptors (Lipinski definition) is 5. The van der Waals surface area contributed by atoms with Crippen LogP contribution in [0.2, 0.25) is 0 Å². The number of pyridine rings is 1. The highest BCUT2D eigenvalue weighted by atomic mass is 32.1. The lowest BCUT2D eigenvalue weighted by Crippen LogP contribution is -2.28. The van der Waals surface area contributed by atoms with Crippen LogP contribution in [0.3, 0.4) is 0 Å². The maximum absolute atomic E-state index is 14.4. The molecule has 0 radical (unpaired) electrons. The minimum Gasteiger partial charge on any atom is -0.278 e. The average Bonchev–Trinajstić information content (AvgIpc) is 3.40. The van der Waals surface area contributed by atoms with Crippen molar-refractivity contribution in [2.75, 3.05) is 0 Å². The molecule has 154 valence electrons. The van der Waals surface area contributed by atoms with E-state index in [1.54, 1.807) is 46.5 Å². The predicted octanol–water partition coefficient (Wildman–Crippen LogP) is 4.23. The number of thiophene rings is 1. The van der Waals surface area contributed by atoms with Crippen molar-refractivity contribution in [3.63, 3.8) is 0 Å². The molecule has 0 fully saturated rings. The number of hydrogen-bond donors (Lipinski definition) is 0. The first kappa shape index (κ1) is 18.4. The first-order valence-electron chi connectivity index (χ1n) is 10.3. The molecular formula is C23H18FN5OS. The van der Waals surface area contributed by atoms with E-state index in [-0.39, 0.29) is 18.1 Å². The molecule has 0 spiro atoms. The third-order valence-corrected chi connectivity index (χ3v) is 7.16. The standard InChI is InChI=1S/C23H18FN5OS/c24-17-9-3-1-6-15(17)13-28-22-19(16-8-2-4-10-18(16)31-22)21-26-20(27-29(21)23(28)30)14-7-5-11-25-12-14/h1,3,5-7,9,11-12H,2,4,8,10,13H2. The van der Waals surface area contributed by atoms with Crippen molar-refractivity contribution < 1.29 is 4.39 Å². The molecule has 4 aromatic heterocycles. The van der Waals surface area contributed by atoms with Gasteiger partial charge in [-0.15, -0.1) is 16.4 Å². The molecule has 0 amide bonds. The molecule has 31 heavy (non-hydrogen) atoms. The minimum atomic E-state index is -0.321. The first-order chi connectivity index (χ1) is 15.2. The molecule has 4 heterocycles. The van der Waals surface area contributed by atoms with Crippen LogP contribution >= 0.6 is 11.3 Å². The van der Waals surface area contributed by atoms with E-state index >= 15 is 0 Å². The lowest BCUT2D eigenvalue weighted by Gasteiger charge is -2.11. The van der Waals surface area contributed by atoms with Crippen molar-refractivity contribution >= 4 is 27.2 Å². The number of nitrogens with zero attached hydrogens (tertiary/aromatic N) is 5. The summed E-state index contributed by atoms with van der Waals surface area (Å²) in [6, 6.07) is 10.3. The summed E-state index contributed by atoms with van der Waals surface area (Å²) in [4.78, 5) is 24.5. The Morgan fingerprint density at radius 2 is 1.97 bits per heavy atom. The Morgan fingerprint density at radius 1 is 1.10 bits per heavy atom. The van der Waals surface area contributed by atoms with E-state index in [9.17, 15) is 9.18 Å². The van der Waals surface area contributed by atoms with Crippen LogP contribution in [0.5, 0.6) is 0 Å². The van der Waals surface area contributed by atoms with Crippen molar-refractivity contribution in [1.82, 2.24) is 24.1 Å². The van der Waals surface area contributed by atoms with E-state index in [4.69, 9.17) is 4.98 Å². The molecule has 1 aromatic carbocycles. The number of benzene rings is 1. The predicted molar refractivity (Wildman–Crippen MR) is 118 cm³/mol. The fourth-order valence-electron chi connectivity index (χ4n) is 4.33. The van der Waals surface area contributed by atoms with Crippen molar-refractivity contribution in [1.29, 1.82) is 0 Å². The third-order valence-electron chi connectivity index (χ3n) is 5.85. The van der Waals surface area contributed by atoms with E-state index in [1.165, 1.54) is 21.0 Å². The Kier molecular flexibility index (Phi) is 4.21. The molecule has 0 N–H and O–H groups in total. The second-order valence-electron chi connectivity index (χ2n) is 7.76. The van der Waals surface area contributed by atoms with Crippen molar-refractivity contribution in [2.24, 2.45) is 0 Å².